The van der Waals surface area contributed by atoms with Crippen molar-refractivity contribution >= 4 is 23.4 Å². The monoisotopic (exact) mass is 264 g/mol. The Kier molecular flexibility index (Phi) is 6.72. The van der Waals surface area contributed by atoms with Crippen LogP contribution in [-0.4, -0.2) is 48.0 Å². The maximum absolute atomic E-state index is 11.8. The number of halogens is 1. The molecule has 0 bridgehead atoms. The number of rotatable bonds is 8. The second-order valence-electron chi connectivity index (χ2n) is 5.25. The zero-order chi connectivity index (χ0) is 13.6. The first kappa shape index (κ1) is 16.4. The van der Waals surface area contributed by atoms with Gasteiger partial charge in [0.2, 0.25) is 0 Å². The van der Waals surface area contributed by atoms with Crippen LogP contribution >= 0.6 is 11.6 Å². The predicted octanol–water partition coefficient (Wildman–Crippen LogP) is 2.11. The molecule has 0 amide bonds. The molecule has 2 atom stereocenters. The Labute approximate surface area is 108 Å². The molecule has 0 fully saturated rings. The number of carboxylic acid groups (broad SMARTS) is 1. The lowest BCUT2D eigenvalue weighted by molar-refractivity contribution is -0.883. The number of quaternary nitrogens is 1. The summed E-state index contributed by atoms with van der Waals surface area (Å²) in [6, 6.07) is 0. The molecule has 0 heterocycles. The molecule has 0 aromatic rings. The van der Waals surface area contributed by atoms with Crippen LogP contribution in [-0.2, 0) is 9.59 Å². The molecular weight excluding hydrogens is 242 g/mol. The van der Waals surface area contributed by atoms with Gasteiger partial charge in [-0.05, 0) is 6.42 Å². The number of nitrogens with zero attached hydrogens (tertiary/aromatic N) is 1. The van der Waals surface area contributed by atoms with Crippen LogP contribution in [0.1, 0.15) is 32.6 Å². The van der Waals surface area contributed by atoms with Crippen LogP contribution in [0.25, 0.3) is 0 Å². The molecule has 0 aromatic heterocycles. The number of carbonyl (C=O) groups excluding carboxylic acids is 1. The Morgan fingerprint density at radius 3 is 2.18 bits per heavy atom. The highest BCUT2D eigenvalue weighted by atomic mass is 35.5. The zero-order valence-corrected chi connectivity index (χ0v) is 11.8. The molecule has 2 unspecified atom stereocenters. The normalized spacial score (nSPS) is 15.4. The summed E-state index contributed by atoms with van der Waals surface area (Å²) in [4.78, 5) is 22.8. The maximum atomic E-state index is 11.8. The van der Waals surface area contributed by atoms with E-state index in [1.54, 1.807) is 0 Å². The fourth-order valence-corrected chi connectivity index (χ4v) is 1.58. The Bertz CT molecular complexity index is 273. The van der Waals surface area contributed by atoms with Gasteiger partial charge < -0.3 is 9.59 Å². The lowest BCUT2D eigenvalue weighted by Gasteiger charge is -2.30. The smallest absolute Gasteiger partial charge is 0.314 e. The number of aliphatic carboxylic acids is 1. The molecule has 0 radical (unpaired) electrons. The van der Waals surface area contributed by atoms with Crippen molar-refractivity contribution in [1.82, 2.24) is 0 Å². The summed E-state index contributed by atoms with van der Waals surface area (Å²) in [5.41, 5.74) is -0.373. The second kappa shape index (κ2) is 6.97. The van der Waals surface area contributed by atoms with Gasteiger partial charge in [-0.1, -0.05) is 24.9 Å². The van der Waals surface area contributed by atoms with E-state index >= 15 is 0 Å². The molecule has 0 saturated carbocycles. The van der Waals surface area contributed by atoms with Gasteiger partial charge in [0.25, 0.3) is 0 Å². The second-order valence-corrected chi connectivity index (χ2v) is 5.75. The van der Waals surface area contributed by atoms with Gasteiger partial charge in [-0.3, -0.25) is 9.59 Å². The SMILES string of the molecule is CCCCC(=O)C(CC(Cl)[N+](C)(C)C)C(=O)O. The maximum Gasteiger partial charge on any atom is 0.314 e. The van der Waals surface area contributed by atoms with Crippen LogP contribution in [0.5, 0.6) is 0 Å². The van der Waals surface area contributed by atoms with Crippen molar-refractivity contribution in [3.05, 3.63) is 0 Å². The van der Waals surface area contributed by atoms with Crippen molar-refractivity contribution in [3.8, 4) is 0 Å². The summed E-state index contributed by atoms with van der Waals surface area (Å²) in [7, 11) is 5.65. The number of carboxylic acids is 1. The van der Waals surface area contributed by atoms with E-state index in [1.807, 2.05) is 28.1 Å². The molecule has 0 spiro atoms. The van der Waals surface area contributed by atoms with Gasteiger partial charge >= 0.3 is 5.97 Å². The van der Waals surface area contributed by atoms with Crippen molar-refractivity contribution in [2.24, 2.45) is 5.92 Å². The van der Waals surface area contributed by atoms with Crippen molar-refractivity contribution < 1.29 is 19.2 Å². The molecule has 0 saturated heterocycles. The molecular formula is C12H23ClNO3+. The Morgan fingerprint density at radius 2 is 1.82 bits per heavy atom. The summed E-state index contributed by atoms with van der Waals surface area (Å²) in [5.74, 6) is -2.25. The van der Waals surface area contributed by atoms with Crippen LogP contribution in [0, 0.1) is 5.92 Å². The highest BCUT2D eigenvalue weighted by Gasteiger charge is 2.33. The Hall–Kier alpha value is -0.610. The molecule has 0 aromatic carbocycles. The average Bonchev–Trinajstić information content (AvgIpc) is 2.20. The Morgan fingerprint density at radius 1 is 1.29 bits per heavy atom. The first-order chi connectivity index (χ1) is 7.70. The zero-order valence-electron chi connectivity index (χ0n) is 11.1. The van der Waals surface area contributed by atoms with E-state index < -0.39 is 11.9 Å². The summed E-state index contributed by atoms with van der Waals surface area (Å²) in [6.07, 6.45) is 2.13. The topological polar surface area (TPSA) is 54.4 Å². The fraction of sp³-hybridized carbons (Fsp3) is 0.833. The quantitative estimate of drug-likeness (QED) is 0.316. The van der Waals surface area contributed by atoms with Gasteiger partial charge in [-0.2, -0.15) is 0 Å². The predicted molar refractivity (Wildman–Crippen MR) is 67.9 cm³/mol. The molecule has 5 heteroatoms. The highest BCUT2D eigenvalue weighted by Crippen LogP contribution is 2.20. The van der Waals surface area contributed by atoms with Crippen LogP contribution < -0.4 is 0 Å². The van der Waals surface area contributed by atoms with Crippen molar-refractivity contribution in [3.63, 3.8) is 0 Å². The van der Waals surface area contributed by atoms with Crippen molar-refractivity contribution in [2.45, 2.75) is 38.1 Å². The average molecular weight is 265 g/mol. The molecule has 0 aliphatic rings. The van der Waals surface area contributed by atoms with Gasteiger partial charge in [-0.25, -0.2) is 0 Å². The van der Waals surface area contributed by atoms with E-state index in [1.165, 1.54) is 0 Å². The molecule has 0 rings (SSSR count). The van der Waals surface area contributed by atoms with E-state index in [4.69, 9.17) is 16.7 Å². The van der Waals surface area contributed by atoms with Gasteiger partial charge in [-0.15, -0.1) is 0 Å². The lowest BCUT2D eigenvalue weighted by Crippen LogP contribution is -2.44. The van der Waals surface area contributed by atoms with Gasteiger partial charge in [0.15, 0.2) is 5.50 Å². The molecule has 17 heavy (non-hydrogen) atoms. The van der Waals surface area contributed by atoms with Crippen molar-refractivity contribution in [1.29, 1.82) is 0 Å². The van der Waals surface area contributed by atoms with E-state index in [9.17, 15) is 9.59 Å². The third-order valence-electron chi connectivity index (χ3n) is 2.73. The van der Waals surface area contributed by atoms with E-state index in [2.05, 4.69) is 0 Å². The standard InChI is InChI=1S/C12H22ClNO3/c1-5-6-7-10(15)9(12(16)17)8-11(13)14(2,3)4/h9,11H,5-8H2,1-4H3/p+1. The molecule has 0 aliphatic heterocycles. The first-order valence-electron chi connectivity index (χ1n) is 5.90. The number of ketones is 1. The lowest BCUT2D eigenvalue weighted by atomic mass is 9.96. The third kappa shape index (κ3) is 6.03. The fourth-order valence-electron chi connectivity index (χ4n) is 1.41. The number of hydrogen-bond acceptors (Lipinski definition) is 2. The highest BCUT2D eigenvalue weighted by molar-refractivity contribution is 6.20. The summed E-state index contributed by atoms with van der Waals surface area (Å²) >= 11 is 6.13. The van der Waals surface area contributed by atoms with Gasteiger partial charge in [0, 0.05) is 12.8 Å². The van der Waals surface area contributed by atoms with E-state index in [0.717, 1.165) is 12.8 Å². The van der Waals surface area contributed by atoms with Crippen LogP contribution in [0.3, 0.4) is 0 Å². The van der Waals surface area contributed by atoms with Crippen LogP contribution in [0.2, 0.25) is 0 Å². The van der Waals surface area contributed by atoms with Gasteiger partial charge in [0.1, 0.15) is 11.7 Å². The number of hydrogen-bond donors (Lipinski definition) is 1. The number of unbranched alkanes of at least 4 members (excludes halogenated alkanes) is 1. The first-order valence-corrected chi connectivity index (χ1v) is 6.34. The summed E-state index contributed by atoms with van der Waals surface area (Å²) in [6.45, 7) is 1.97. The number of alkyl halides is 1. The number of Topliss-reactive ketones (excluding diaryl/α,β-unsaturated/α-hetero) is 1. The molecule has 100 valence electrons. The molecule has 0 aliphatic carbocycles. The summed E-state index contributed by atoms with van der Waals surface area (Å²) < 4.78 is 0.437. The molecule has 1 N–H and O–H groups in total. The van der Waals surface area contributed by atoms with E-state index in [-0.39, 0.29) is 17.7 Å². The minimum Gasteiger partial charge on any atom is -0.481 e. The minimum absolute atomic E-state index is 0.183. The van der Waals surface area contributed by atoms with Crippen LogP contribution in [0.4, 0.5) is 0 Å². The van der Waals surface area contributed by atoms with Crippen molar-refractivity contribution in [2.75, 3.05) is 21.1 Å². The molecule has 4 nitrogen and oxygen atoms in total. The van der Waals surface area contributed by atoms with Crippen LogP contribution in [0.15, 0.2) is 0 Å². The Balaban J connectivity index is 4.55. The van der Waals surface area contributed by atoms with E-state index in [0.29, 0.717) is 10.9 Å². The minimum atomic E-state index is -1.06. The summed E-state index contributed by atoms with van der Waals surface area (Å²) in [5, 5.41) is 9.07. The third-order valence-corrected chi connectivity index (χ3v) is 3.50. The van der Waals surface area contributed by atoms with Gasteiger partial charge in [0.05, 0.1) is 21.1 Å². The largest absolute Gasteiger partial charge is 0.481 e. The number of carbonyl (C=O) groups is 2.